The first-order valence-electron chi connectivity index (χ1n) is 7.43. The van der Waals surface area contributed by atoms with Gasteiger partial charge in [-0.1, -0.05) is 12.1 Å². The van der Waals surface area contributed by atoms with Crippen LogP contribution in [0.2, 0.25) is 0 Å². The van der Waals surface area contributed by atoms with Crippen molar-refractivity contribution in [3.05, 3.63) is 52.6 Å². The van der Waals surface area contributed by atoms with Gasteiger partial charge < -0.3 is 15.5 Å². The first-order valence-corrected chi connectivity index (χ1v) is 8.22. The SMILES string of the molecule is O=C(Nc1ccccc1Br)NC1CN(c2ccc(C(F)(F)F)cn2)C1. The zero-order valence-corrected chi connectivity index (χ0v) is 14.4. The van der Waals surface area contributed by atoms with Crippen molar-refractivity contribution in [3.8, 4) is 0 Å². The lowest BCUT2D eigenvalue weighted by molar-refractivity contribution is -0.137. The van der Waals surface area contributed by atoms with E-state index in [1.54, 1.807) is 11.0 Å². The number of alkyl halides is 3. The molecule has 0 bridgehead atoms. The summed E-state index contributed by atoms with van der Waals surface area (Å²) in [6, 6.07) is 9.14. The molecule has 5 nitrogen and oxygen atoms in total. The molecule has 9 heteroatoms. The molecule has 0 unspecified atom stereocenters. The van der Waals surface area contributed by atoms with Crippen LogP contribution in [0.3, 0.4) is 0 Å². The number of rotatable bonds is 3. The molecule has 1 fully saturated rings. The van der Waals surface area contributed by atoms with Gasteiger partial charge in [0.2, 0.25) is 0 Å². The quantitative estimate of drug-likeness (QED) is 0.801. The number of hydrogen-bond acceptors (Lipinski definition) is 3. The maximum absolute atomic E-state index is 12.5. The lowest BCUT2D eigenvalue weighted by Gasteiger charge is -2.40. The van der Waals surface area contributed by atoms with Crippen molar-refractivity contribution in [2.24, 2.45) is 0 Å². The van der Waals surface area contributed by atoms with E-state index in [0.29, 0.717) is 24.6 Å². The summed E-state index contributed by atoms with van der Waals surface area (Å²) >= 11 is 3.34. The fourth-order valence-electron chi connectivity index (χ4n) is 2.40. The van der Waals surface area contributed by atoms with Crippen LogP contribution in [0.25, 0.3) is 0 Å². The number of benzene rings is 1. The Morgan fingerprint density at radius 2 is 1.92 bits per heavy atom. The highest BCUT2D eigenvalue weighted by molar-refractivity contribution is 9.10. The van der Waals surface area contributed by atoms with Gasteiger partial charge in [0.15, 0.2) is 0 Å². The molecule has 2 N–H and O–H groups in total. The molecular formula is C16H14BrF3N4O. The number of urea groups is 1. The first kappa shape index (κ1) is 17.5. The number of aromatic nitrogens is 1. The van der Waals surface area contributed by atoms with E-state index >= 15 is 0 Å². The molecule has 3 rings (SSSR count). The largest absolute Gasteiger partial charge is 0.417 e. The number of nitrogens with one attached hydrogen (secondary N) is 2. The number of halogens is 4. The third kappa shape index (κ3) is 4.22. The van der Waals surface area contributed by atoms with E-state index in [1.165, 1.54) is 6.07 Å². The maximum atomic E-state index is 12.5. The Labute approximate surface area is 150 Å². The summed E-state index contributed by atoms with van der Waals surface area (Å²) < 4.78 is 38.3. The van der Waals surface area contributed by atoms with E-state index in [2.05, 4.69) is 31.5 Å². The van der Waals surface area contributed by atoms with Crippen molar-refractivity contribution in [3.63, 3.8) is 0 Å². The molecular weight excluding hydrogens is 401 g/mol. The van der Waals surface area contributed by atoms with E-state index in [4.69, 9.17) is 0 Å². The van der Waals surface area contributed by atoms with Crippen LogP contribution in [-0.2, 0) is 6.18 Å². The molecule has 0 radical (unpaired) electrons. The first-order chi connectivity index (χ1) is 11.8. The Morgan fingerprint density at radius 1 is 1.20 bits per heavy atom. The van der Waals surface area contributed by atoms with Crippen molar-refractivity contribution in [2.45, 2.75) is 12.2 Å². The monoisotopic (exact) mass is 414 g/mol. The number of anilines is 2. The molecule has 2 amide bonds. The van der Waals surface area contributed by atoms with Crippen LogP contribution in [-0.4, -0.2) is 30.1 Å². The van der Waals surface area contributed by atoms with Gasteiger partial charge in [-0.25, -0.2) is 9.78 Å². The van der Waals surface area contributed by atoms with E-state index in [0.717, 1.165) is 16.7 Å². The molecule has 1 saturated heterocycles. The molecule has 0 aliphatic carbocycles. The van der Waals surface area contributed by atoms with Crippen LogP contribution in [0.5, 0.6) is 0 Å². The number of para-hydroxylation sites is 1. The highest BCUT2D eigenvalue weighted by atomic mass is 79.9. The molecule has 0 saturated carbocycles. The van der Waals surface area contributed by atoms with E-state index in [-0.39, 0.29) is 12.1 Å². The normalized spacial score (nSPS) is 14.8. The second-order valence-corrected chi connectivity index (χ2v) is 6.44. The number of pyridine rings is 1. The summed E-state index contributed by atoms with van der Waals surface area (Å²) in [5.74, 6) is 0.456. The highest BCUT2D eigenvalue weighted by Gasteiger charge is 2.32. The standard InChI is InChI=1S/C16H14BrF3N4O/c17-12-3-1-2-4-13(12)23-15(25)22-11-8-24(9-11)14-6-5-10(7-21-14)16(18,19)20/h1-7,11H,8-9H2,(H2,22,23,25). The van der Waals surface area contributed by atoms with Gasteiger partial charge in [0, 0.05) is 23.8 Å². The molecule has 2 heterocycles. The Bertz CT molecular complexity index is 761. The van der Waals surface area contributed by atoms with Gasteiger partial charge in [-0.05, 0) is 40.2 Å². The van der Waals surface area contributed by atoms with Crippen molar-refractivity contribution in [1.29, 1.82) is 0 Å². The average Bonchev–Trinajstić information content (AvgIpc) is 2.52. The lowest BCUT2D eigenvalue weighted by atomic mass is 10.1. The van der Waals surface area contributed by atoms with Crippen LogP contribution in [0.4, 0.5) is 29.5 Å². The predicted molar refractivity (Wildman–Crippen MR) is 91.5 cm³/mol. The van der Waals surface area contributed by atoms with Crippen molar-refractivity contribution >= 4 is 33.5 Å². The molecule has 25 heavy (non-hydrogen) atoms. The minimum atomic E-state index is -4.39. The zero-order valence-electron chi connectivity index (χ0n) is 12.8. The van der Waals surface area contributed by atoms with Gasteiger partial charge in [0.05, 0.1) is 17.3 Å². The third-order valence-corrected chi connectivity index (χ3v) is 4.43. The van der Waals surface area contributed by atoms with Crippen LogP contribution >= 0.6 is 15.9 Å². The minimum absolute atomic E-state index is 0.0911. The summed E-state index contributed by atoms with van der Waals surface area (Å²) in [5, 5.41) is 5.54. The molecule has 2 aromatic rings. The van der Waals surface area contributed by atoms with Crippen LogP contribution in [0, 0.1) is 0 Å². The molecule has 1 aromatic heterocycles. The fourth-order valence-corrected chi connectivity index (χ4v) is 2.79. The molecule has 1 aromatic carbocycles. The summed E-state index contributed by atoms with van der Waals surface area (Å²) in [5.41, 5.74) is -0.125. The second-order valence-electron chi connectivity index (χ2n) is 5.58. The number of nitrogens with zero attached hydrogens (tertiary/aromatic N) is 2. The summed E-state index contributed by atoms with van der Waals surface area (Å²) in [6.45, 7) is 0.976. The second kappa shape index (κ2) is 6.91. The Morgan fingerprint density at radius 3 is 2.52 bits per heavy atom. The highest BCUT2D eigenvalue weighted by Crippen LogP contribution is 2.30. The van der Waals surface area contributed by atoms with E-state index < -0.39 is 11.7 Å². The van der Waals surface area contributed by atoms with Gasteiger partial charge in [-0.2, -0.15) is 13.2 Å². The van der Waals surface area contributed by atoms with Gasteiger partial charge in [0.25, 0.3) is 0 Å². The molecule has 1 aliphatic rings. The van der Waals surface area contributed by atoms with Crippen molar-refractivity contribution in [2.75, 3.05) is 23.3 Å². The Hall–Kier alpha value is -2.29. The van der Waals surface area contributed by atoms with Crippen molar-refractivity contribution in [1.82, 2.24) is 10.3 Å². The summed E-state index contributed by atoms with van der Waals surface area (Å²) in [6.07, 6.45) is -3.58. The van der Waals surface area contributed by atoms with E-state index in [9.17, 15) is 18.0 Å². The van der Waals surface area contributed by atoms with Gasteiger partial charge in [-0.3, -0.25) is 0 Å². The minimum Gasteiger partial charge on any atom is -0.352 e. The average molecular weight is 415 g/mol. The third-order valence-electron chi connectivity index (χ3n) is 3.74. The molecule has 1 aliphatic heterocycles. The molecule has 0 atom stereocenters. The molecule has 0 spiro atoms. The van der Waals surface area contributed by atoms with Gasteiger partial charge in [-0.15, -0.1) is 0 Å². The number of hydrogen-bond donors (Lipinski definition) is 2. The number of carbonyl (C=O) groups is 1. The smallest absolute Gasteiger partial charge is 0.352 e. The van der Waals surface area contributed by atoms with Crippen molar-refractivity contribution < 1.29 is 18.0 Å². The number of carbonyl (C=O) groups excluding carboxylic acids is 1. The molecule has 132 valence electrons. The zero-order chi connectivity index (χ0) is 18.0. The van der Waals surface area contributed by atoms with Crippen LogP contribution in [0.1, 0.15) is 5.56 Å². The van der Waals surface area contributed by atoms with Crippen LogP contribution in [0.15, 0.2) is 47.1 Å². The Balaban J connectivity index is 1.49. The van der Waals surface area contributed by atoms with Gasteiger partial charge in [0.1, 0.15) is 5.82 Å². The summed E-state index contributed by atoms with van der Waals surface area (Å²) in [7, 11) is 0. The summed E-state index contributed by atoms with van der Waals surface area (Å²) in [4.78, 5) is 17.6. The topological polar surface area (TPSA) is 57.3 Å². The van der Waals surface area contributed by atoms with E-state index in [1.807, 2.05) is 18.2 Å². The fraction of sp³-hybridized carbons (Fsp3) is 0.250. The number of amides is 2. The Kier molecular flexibility index (Phi) is 4.85. The maximum Gasteiger partial charge on any atom is 0.417 e. The lowest BCUT2D eigenvalue weighted by Crippen LogP contribution is -2.60. The predicted octanol–water partition coefficient (Wildman–Crippen LogP) is 3.87. The van der Waals surface area contributed by atoms with Crippen LogP contribution < -0.4 is 15.5 Å². The van der Waals surface area contributed by atoms with Gasteiger partial charge >= 0.3 is 12.2 Å².